The van der Waals surface area contributed by atoms with Crippen LogP contribution >= 0.6 is 0 Å². The Balaban J connectivity index is 2.19. The van der Waals surface area contributed by atoms with E-state index in [1.54, 1.807) is 30.1 Å². The van der Waals surface area contributed by atoms with Crippen molar-refractivity contribution in [3.63, 3.8) is 0 Å². The zero-order valence-corrected chi connectivity index (χ0v) is 10.8. The van der Waals surface area contributed by atoms with E-state index in [1.165, 1.54) is 12.3 Å². The molecule has 0 aliphatic rings. The molecule has 6 nitrogen and oxygen atoms in total. The van der Waals surface area contributed by atoms with Crippen LogP contribution in [0.25, 0.3) is 0 Å². The monoisotopic (exact) mass is 266 g/mol. The summed E-state index contributed by atoms with van der Waals surface area (Å²) in [4.78, 5) is 3.84. The van der Waals surface area contributed by atoms with Crippen molar-refractivity contribution in [2.24, 2.45) is 7.05 Å². The predicted octanol–water partition coefficient (Wildman–Crippen LogP) is 0.414. The average Bonchev–Trinajstić information content (AvgIpc) is 2.73. The van der Waals surface area contributed by atoms with E-state index in [2.05, 4.69) is 10.1 Å². The number of nitrogen functional groups attached to an aromatic ring is 1. The number of rotatable bonds is 4. The lowest BCUT2D eigenvalue weighted by Crippen LogP contribution is -2.14. The molecule has 0 saturated carbocycles. The quantitative estimate of drug-likeness (QED) is 0.865. The van der Waals surface area contributed by atoms with Crippen LogP contribution in [-0.2, 0) is 23.3 Å². The summed E-state index contributed by atoms with van der Waals surface area (Å²) in [5, 5.41) is 3.94. The van der Waals surface area contributed by atoms with E-state index in [0.717, 1.165) is 5.69 Å². The van der Waals surface area contributed by atoms with Crippen molar-refractivity contribution in [1.29, 1.82) is 0 Å². The van der Waals surface area contributed by atoms with Gasteiger partial charge in [0.15, 0.2) is 14.9 Å². The molecule has 2 heterocycles. The fourth-order valence-corrected chi connectivity index (χ4v) is 2.97. The fraction of sp³-hybridized carbons (Fsp3) is 0.273. The van der Waals surface area contributed by atoms with Crippen molar-refractivity contribution in [3.05, 3.63) is 36.3 Å². The van der Waals surface area contributed by atoms with Gasteiger partial charge in [-0.2, -0.15) is 5.10 Å². The highest BCUT2D eigenvalue weighted by Crippen LogP contribution is 2.16. The number of nitrogens with zero attached hydrogens (tertiary/aromatic N) is 3. The molecular formula is C11H14N4O2S. The van der Waals surface area contributed by atoms with Crippen LogP contribution in [0.4, 0.5) is 5.69 Å². The number of anilines is 1. The second-order valence-corrected chi connectivity index (χ2v) is 5.94. The second kappa shape index (κ2) is 4.77. The van der Waals surface area contributed by atoms with E-state index in [0.29, 0.717) is 6.42 Å². The van der Waals surface area contributed by atoms with Crippen molar-refractivity contribution in [3.8, 4) is 0 Å². The number of hydrogen-bond acceptors (Lipinski definition) is 5. The largest absolute Gasteiger partial charge is 0.396 e. The van der Waals surface area contributed by atoms with Crippen LogP contribution in [0.5, 0.6) is 0 Å². The van der Waals surface area contributed by atoms with Gasteiger partial charge in [0.05, 0.1) is 11.4 Å². The molecule has 0 bridgehead atoms. The van der Waals surface area contributed by atoms with Gasteiger partial charge in [-0.3, -0.25) is 4.68 Å². The van der Waals surface area contributed by atoms with Crippen LogP contribution in [0, 0.1) is 0 Å². The molecule has 0 aliphatic heterocycles. The molecule has 0 radical (unpaired) electrons. The van der Waals surface area contributed by atoms with Crippen molar-refractivity contribution in [2.75, 3.05) is 11.5 Å². The molecule has 96 valence electrons. The number of hydrogen-bond donors (Lipinski definition) is 1. The summed E-state index contributed by atoms with van der Waals surface area (Å²) in [5.41, 5.74) is 6.66. The molecule has 0 aliphatic carbocycles. The minimum atomic E-state index is -3.46. The summed E-state index contributed by atoms with van der Waals surface area (Å²) in [5.74, 6) is -0.0340. The Kier molecular flexibility index (Phi) is 3.33. The van der Waals surface area contributed by atoms with Crippen LogP contribution in [0.3, 0.4) is 0 Å². The Morgan fingerprint density at radius 2 is 2.11 bits per heavy atom. The molecule has 2 aromatic rings. The number of sulfone groups is 1. The highest BCUT2D eigenvalue weighted by molar-refractivity contribution is 7.91. The molecular weight excluding hydrogens is 252 g/mol. The number of aryl methyl sites for hydroxylation is 2. The Morgan fingerprint density at radius 3 is 2.72 bits per heavy atom. The zero-order chi connectivity index (χ0) is 13.2. The van der Waals surface area contributed by atoms with E-state index in [1.807, 2.05) is 0 Å². The topological polar surface area (TPSA) is 90.9 Å². The van der Waals surface area contributed by atoms with Gasteiger partial charge >= 0.3 is 0 Å². The first kappa shape index (κ1) is 12.6. The number of nitrogens with two attached hydrogens (primary N) is 1. The SMILES string of the molecule is Cn1nccc1CCS(=O)(=O)c1ncccc1N. The van der Waals surface area contributed by atoms with Gasteiger partial charge in [0.25, 0.3) is 0 Å². The molecule has 0 amide bonds. The molecule has 2 N–H and O–H groups in total. The Hall–Kier alpha value is -1.89. The van der Waals surface area contributed by atoms with Gasteiger partial charge < -0.3 is 5.73 Å². The van der Waals surface area contributed by atoms with Gasteiger partial charge in [-0.05, 0) is 18.2 Å². The first-order valence-corrected chi connectivity index (χ1v) is 7.06. The molecule has 0 saturated heterocycles. The number of aromatic nitrogens is 3. The lowest BCUT2D eigenvalue weighted by Gasteiger charge is -2.06. The molecule has 0 fully saturated rings. The van der Waals surface area contributed by atoms with Gasteiger partial charge in [0, 0.05) is 31.6 Å². The summed E-state index contributed by atoms with van der Waals surface area (Å²) in [6, 6.07) is 4.93. The zero-order valence-electron chi connectivity index (χ0n) is 9.94. The standard InChI is InChI=1S/C11H14N4O2S/c1-15-9(4-7-14-15)5-8-18(16,17)11-10(12)3-2-6-13-11/h2-4,6-7H,5,8,12H2,1H3. The molecule has 0 aromatic carbocycles. The maximum Gasteiger partial charge on any atom is 0.198 e. The van der Waals surface area contributed by atoms with Crippen molar-refractivity contribution in [2.45, 2.75) is 11.4 Å². The molecule has 0 unspecified atom stereocenters. The highest BCUT2D eigenvalue weighted by atomic mass is 32.2. The maximum atomic E-state index is 12.1. The van der Waals surface area contributed by atoms with E-state index in [9.17, 15) is 8.42 Å². The minimum Gasteiger partial charge on any atom is -0.396 e. The first-order valence-electron chi connectivity index (χ1n) is 5.41. The third-order valence-electron chi connectivity index (χ3n) is 2.64. The first-order chi connectivity index (χ1) is 8.50. The summed E-state index contributed by atoms with van der Waals surface area (Å²) < 4.78 is 25.8. The van der Waals surface area contributed by atoms with Gasteiger partial charge in [0.1, 0.15) is 0 Å². The van der Waals surface area contributed by atoms with Crippen molar-refractivity contribution in [1.82, 2.24) is 14.8 Å². The minimum absolute atomic E-state index is 0.0340. The molecule has 0 spiro atoms. The normalized spacial score (nSPS) is 11.6. The summed E-state index contributed by atoms with van der Waals surface area (Å²) >= 11 is 0. The van der Waals surface area contributed by atoms with Crippen molar-refractivity contribution >= 4 is 15.5 Å². The third kappa shape index (κ3) is 2.51. The van der Waals surface area contributed by atoms with Gasteiger partial charge in [-0.15, -0.1) is 0 Å². The summed E-state index contributed by atoms with van der Waals surface area (Å²) in [6.07, 6.45) is 3.44. The molecule has 7 heteroatoms. The van der Waals surface area contributed by atoms with Gasteiger partial charge in [-0.25, -0.2) is 13.4 Å². The maximum absolute atomic E-state index is 12.1. The second-order valence-electron chi connectivity index (χ2n) is 3.91. The number of pyridine rings is 1. The molecule has 2 aromatic heterocycles. The lowest BCUT2D eigenvalue weighted by molar-refractivity contribution is 0.590. The molecule has 0 atom stereocenters. The average molecular weight is 266 g/mol. The van der Waals surface area contributed by atoms with Crippen LogP contribution in [-0.4, -0.2) is 28.9 Å². The fourth-order valence-electron chi connectivity index (χ4n) is 1.65. The van der Waals surface area contributed by atoms with E-state index >= 15 is 0 Å². The Morgan fingerprint density at radius 1 is 1.33 bits per heavy atom. The predicted molar refractivity (Wildman–Crippen MR) is 67.6 cm³/mol. The third-order valence-corrected chi connectivity index (χ3v) is 4.32. The van der Waals surface area contributed by atoms with E-state index < -0.39 is 9.84 Å². The summed E-state index contributed by atoms with van der Waals surface area (Å²) in [7, 11) is -1.69. The van der Waals surface area contributed by atoms with Crippen LogP contribution < -0.4 is 5.73 Å². The Labute approximate surface area is 105 Å². The van der Waals surface area contributed by atoms with Crippen molar-refractivity contribution < 1.29 is 8.42 Å². The molecule has 18 heavy (non-hydrogen) atoms. The summed E-state index contributed by atoms with van der Waals surface area (Å²) in [6.45, 7) is 0. The van der Waals surface area contributed by atoms with E-state index in [-0.39, 0.29) is 16.5 Å². The van der Waals surface area contributed by atoms with Crippen LogP contribution in [0.2, 0.25) is 0 Å². The Bertz CT molecular complexity index is 649. The van der Waals surface area contributed by atoms with E-state index in [4.69, 9.17) is 5.73 Å². The smallest absolute Gasteiger partial charge is 0.198 e. The highest BCUT2D eigenvalue weighted by Gasteiger charge is 2.19. The van der Waals surface area contributed by atoms with Gasteiger partial charge in [-0.1, -0.05) is 0 Å². The molecule has 2 rings (SSSR count). The lowest BCUT2D eigenvalue weighted by atomic mass is 10.3. The van der Waals surface area contributed by atoms with Crippen LogP contribution in [0.15, 0.2) is 35.6 Å². The van der Waals surface area contributed by atoms with Crippen LogP contribution in [0.1, 0.15) is 5.69 Å². The van der Waals surface area contributed by atoms with Gasteiger partial charge in [0.2, 0.25) is 0 Å².